The van der Waals surface area contributed by atoms with Gasteiger partial charge in [0.15, 0.2) is 0 Å². The van der Waals surface area contributed by atoms with E-state index in [-0.39, 0.29) is 23.8 Å². The fourth-order valence-corrected chi connectivity index (χ4v) is 3.69. The van der Waals surface area contributed by atoms with Crippen molar-refractivity contribution in [2.24, 2.45) is 0 Å². The second-order valence-electron chi connectivity index (χ2n) is 7.09. The van der Waals surface area contributed by atoms with Gasteiger partial charge in [0.2, 0.25) is 11.8 Å². The van der Waals surface area contributed by atoms with E-state index < -0.39 is 0 Å². The summed E-state index contributed by atoms with van der Waals surface area (Å²) in [5.74, 6) is 0.878. The molecule has 2 amide bonds. The molecule has 0 spiro atoms. The molecule has 2 aromatic carbocycles. The Morgan fingerprint density at radius 3 is 2.44 bits per heavy atom. The largest absolute Gasteiger partial charge is 0.497 e. The van der Waals surface area contributed by atoms with E-state index in [1.54, 1.807) is 7.11 Å². The van der Waals surface area contributed by atoms with Crippen LogP contribution >= 0.6 is 0 Å². The third-order valence-corrected chi connectivity index (χ3v) is 5.21. The number of carbonyl (C=O) groups is 2. The maximum absolute atomic E-state index is 12.9. The second kappa shape index (κ2) is 8.25. The number of rotatable bonds is 5. The third-order valence-electron chi connectivity index (χ3n) is 5.21. The number of likely N-dealkylation sites (tertiary alicyclic amines) is 1. The van der Waals surface area contributed by atoms with Gasteiger partial charge in [-0.1, -0.05) is 36.4 Å². The highest BCUT2D eigenvalue weighted by molar-refractivity contribution is 5.80. The van der Waals surface area contributed by atoms with E-state index in [9.17, 15) is 9.59 Å². The average molecular weight is 366 g/mol. The molecule has 142 valence electrons. The molecule has 0 unspecified atom stereocenters. The van der Waals surface area contributed by atoms with Crippen molar-refractivity contribution in [2.45, 2.75) is 32.2 Å². The molecule has 1 aliphatic heterocycles. The Bertz CT molecular complexity index is 817. The summed E-state index contributed by atoms with van der Waals surface area (Å²) < 4.78 is 5.23. The Labute approximate surface area is 160 Å². The van der Waals surface area contributed by atoms with Crippen molar-refractivity contribution in [1.29, 1.82) is 0 Å². The summed E-state index contributed by atoms with van der Waals surface area (Å²) in [4.78, 5) is 26.4. The number of hydrogen-bond donors (Lipinski definition) is 1. The van der Waals surface area contributed by atoms with Gasteiger partial charge in [0.25, 0.3) is 0 Å². The first kappa shape index (κ1) is 19.0. The lowest BCUT2D eigenvalue weighted by Crippen LogP contribution is -2.39. The predicted octanol–water partition coefficient (Wildman–Crippen LogP) is 2.68. The van der Waals surface area contributed by atoms with Gasteiger partial charge in [-0.3, -0.25) is 9.59 Å². The van der Waals surface area contributed by atoms with Crippen LogP contribution in [0, 0.1) is 6.92 Å². The van der Waals surface area contributed by atoms with Crippen molar-refractivity contribution in [3.8, 4) is 5.75 Å². The minimum atomic E-state index is -0.0864. The highest BCUT2D eigenvalue weighted by atomic mass is 16.5. The zero-order valence-electron chi connectivity index (χ0n) is 16.1. The van der Waals surface area contributed by atoms with Crippen molar-refractivity contribution >= 4 is 11.8 Å². The fourth-order valence-electron chi connectivity index (χ4n) is 3.69. The molecule has 0 saturated carbocycles. The number of aryl methyl sites for hydroxylation is 1. The van der Waals surface area contributed by atoms with Crippen LogP contribution in [0.2, 0.25) is 0 Å². The van der Waals surface area contributed by atoms with E-state index in [2.05, 4.69) is 5.32 Å². The molecular weight excluding hydrogens is 340 g/mol. The maximum atomic E-state index is 12.9. The predicted molar refractivity (Wildman–Crippen MR) is 105 cm³/mol. The molecule has 0 aromatic heterocycles. The smallest absolute Gasteiger partial charge is 0.227 e. The maximum Gasteiger partial charge on any atom is 0.227 e. The Balaban J connectivity index is 1.76. The summed E-state index contributed by atoms with van der Waals surface area (Å²) in [6.45, 7) is 4.67. The second-order valence-corrected chi connectivity index (χ2v) is 7.09. The summed E-state index contributed by atoms with van der Waals surface area (Å²) >= 11 is 0. The van der Waals surface area contributed by atoms with Crippen LogP contribution in [0.1, 0.15) is 29.5 Å². The molecular formula is C22H26N2O3. The van der Waals surface area contributed by atoms with Crippen LogP contribution in [0.4, 0.5) is 0 Å². The molecule has 5 nitrogen and oxygen atoms in total. The van der Waals surface area contributed by atoms with Gasteiger partial charge >= 0.3 is 0 Å². The number of nitrogens with one attached hydrogen (secondary N) is 1. The molecule has 3 rings (SSSR count). The molecule has 2 atom stereocenters. The zero-order chi connectivity index (χ0) is 19.4. The molecule has 1 N–H and O–H groups in total. The highest BCUT2D eigenvalue weighted by Gasteiger charge is 2.36. The quantitative estimate of drug-likeness (QED) is 0.885. The van der Waals surface area contributed by atoms with Gasteiger partial charge in [-0.05, 0) is 35.7 Å². The molecule has 2 aromatic rings. The topological polar surface area (TPSA) is 58.6 Å². The number of methoxy groups -OCH3 is 1. The van der Waals surface area contributed by atoms with Crippen molar-refractivity contribution in [1.82, 2.24) is 10.2 Å². The lowest BCUT2D eigenvalue weighted by atomic mass is 9.94. The number of ether oxygens (including phenoxy) is 1. The van der Waals surface area contributed by atoms with Crippen LogP contribution in [-0.2, 0) is 16.0 Å². The Morgan fingerprint density at radius 2 is 1.81 bits per heavy atom. The van der Waals surface area contributed by atoms with E-state index in [1.165, 1.54) is 6.92 Å². The van der Waals surface area contributed by atoms with Gasteiger partial charge in [-0.25, -0.2) is 0 Å². The number of amides is 2. The standard InChI is InChI=1S/C22H26N2O3/c1-15-6-4-5-7-18(15)12-22(26)24-13-20(21(14-24)23-16(2)25)17-8-10-19(27-3)11-9-17/h4-11,20-21H,12-14H2,1-3H3,(H,23,25)/t20-,21+/m0/s1. The summed E-state index contributed by atoms with van der Waals surface area (Å²) in [6, 6.07) is 15.7. The summed E-state index contributed by atoms with van der Waals surface area (Å²) in [7, 11) is 1.64. The van der Waals surface area contributed by atoms with E-state index in [4.69, 9.17) is 4.74 Å². The fraction of sp³-hybridized carbons (Fsp3) is 0.364. The van der Waals surface area contributed by atoms with Gasteiger partial charge in [0.1, 0.15) is 5.75 Å². The van der Waals surface area contributed by atoms with Crippen LogP contribution in [0.5, 0.6) is 5.75 Å². The van der Waals surface area contributed by atoms with Crippen molar-refractivity contribution in [2.75, 3.05) is 20.2 Å². The van der Waals surface area contributed by atoms with Crippen LogP contribution in [0.3, 0.4) is 0 Å². The first-order valence-corrected chi connectivity index (χ1v) is 9.21. The highest BCUT2D eigenvalue weighted by Crippen LogP contribution is 2.29. The van der Waals surface area contributed by atoms with Crippen molar-refractivity contribution in [3.05, 3.63) is 65.2 Å². The Kier molecular flexibility index (Phi) is 5.79. The van der Waals surface area contributed by atoms with Gasteiger partial charge < -0.3 is 15.0 Å². The van der Waals surface area contributed by atoms with Crippen LogP contribution in [-0.4, -0.2) is 43.0 Å². The Hall–Kier alpha value is -2.82. The Morgan fingerprint density at radius 1 is 1.11 bits per heavy atom. The van der Waals surface area contributed by atoms with Gasteiger partial charge in [0, 0.05) is 25.9 Å². The van der Waals surface area contributed by atoms with Crippen LogP contribution < -0.4 is 10.1 Å². The normalized spacial score (nSPS) is 19.0. The summed E-state index contributed by atoms with van der Waals surface area (Å²) in [5.41, 5.74) is 3.27. The molecule has 1 aliphatic rings. The molecule has 5 heteroatoms. The minimum absolute atomic E-state index is 0.0700. The number of benzene rings is 2. The molecule has 0 bridgehead atoms. The molecule has 1 heterocycles. The molecule has 0 radical (unpaired) electrons. The SMILES string of the molecule is COc1ccc([C@@H]2CN(C(=O)Cc3ccccc3C)C[C@H]2NC(C)=O)cc1. The molecule has 1 fully saturated rings. The van der Waals surface area contributed by atoms with Gasteiger partial charge in [-0.2, -0.15) is 0 Å². The minimum Gasteiger partial charge on any atom is -0.497 e. The van der Waals surface area contributed by atoms with E-state index in [0.717, 1.165) is 22.4 Å². The number of hydrogen-bond acceptors (Lipinski definition) is 3. The first-order chi connectivity index (χ1) is 13.0. The van der Waals surface area contributed by atoms with Crippen LogP contribution in [0.25, 0.3) is 0 Å². The zero-order valence-corrected chi connectivity index (χ0v) is 16.1. The lowest BCUT2D eigenvalue weighted by molar-refractivity contribution is -0.129. The molecule has 27 heavy (non-hydrogen) atoms. The van der Waals surface area contributed by atoms with E-state index in [0.29, 0.717) is 19.5 Å². The summed E-state index contributed by atoms with van der Waals surface area (Å²) in [5, 5.41) is 3.01. The molecule has 0 aliphatic carbocycles. The van der Waals surface area contributed by atoms with Crippen LogP contribution in [0.15, 0.2) is 48.5 Å². The van der Waals surface area contributed by atoms with E-state index >= 15 is 0 Å². The van der Waals surface area contributed by atoms with E-state index in [1.807, 2.05) is 60.4 Å². The third kappa shape index (κ3) is 4.48. The lowest BCUT2D eigenvalue weighted by Gasteiger charge is -2.19. The average Bonchev–Trinajstić information content (AvgIpc) is 3.07. The van der Waals surface area contributed by atoms with Crippen molar-refractivity contribution in [3.63, 3.8) is 0 Å². The number of carbonyl (C=O) groups excluding carboxylic acids is 2. The van der Waals surface area contributed by atoms with Gasteiger partial charge in [-0.15, -0.1) is 0 Å². The number of nitrogens with zero attached hydrogens (tertiary/aromatic N) is 1. The molecule has 1 saturated heterocycles. The van der Waals surface area contributed by atoms with Crippen molar-refractivity contribution < 1.29 is 14.3 Å². The first-order valence-electron chi connectivity index (χ1n) is 9.21. The van der Waals surface area contributed by atoms with Gasteiger partial charge in [0.05, 0.1) is 19.6 Å². The monoisotopic (exact) mass is 366 g/mol. The summed E-state index contributed by atoms with van der Waals surface area (Å²) in [6.07, 6.45) is 0.384.